The lowest BCUT2D eigenvalue weighted by molar-refractivity contribution is 0.00763. The highest BCUT2D eigenvalue weighted by molar-refractivity contribution is 5.98. The molecule has 0 radical (unpaired) electrons. The quantitative estimate of drug-likeness (QED) is 0.656. The minimum Gasteiger partial charge on any atom is -0.339 e. The zero-order valence-corrected chi connectivity index (χ0v) is 17.4. The van der Waals surface area contributed by atoms with Gasteiger partial charge in [-0.05, 0) is 45.4 Å². The van der Waals surface area contributed by atoms with Gasteiger partial charge in [0.25, 0.3) is 5.91 Å². The number of carbonyl (C=O) groups excluding carboxylic acids is 1. The monoisotopic (exact) mass is 404 g/mol. The van der Waals surface area contributed by atoms with Gasteiger partial charge in [-0.15, -0.1) is 5.10 Å². The summed E-state index contributed by atoms with van der Waals surface area (Å²) in [6.07, 6.45) is 4.32. The second-order valence-electron chi connectivity index (χ2n) is 8.14. The normalized spacial score (nSPS) is 20.6. The Morgan fingerprint density at radius 2 is 1.83 bits per heavy atom. The van der Waals surface area contributed by atoms with E-state index in [0.29, 0.717) is 17.3 Å². The number of piperidine rings is 1. The number of nitrogens with zero attached hydrogens (tertiary/aromatic N) is 8. The zero-order chi connectivity index (χ0) is 20.8. The van der Waals surface area contributed by atoms with Gasteiger partial charge in [0.2, 0.25) is 5.95 Å². The van der Waals surface area contributed by atoms with Gasteiger partial charge in [0.05, 0.1) is 24.0 Å². The predicted molar refractivity (Wildman–Crippen MR) is 111 cm³/mol. The molecule has 2 aliphatic heterocycles. The fraction of sp³-hybridized carbons (Fsp3) is 0.429. The van der Waals surface area contributed by atoms with E-state index in [1.807, 2.05) is 43.9 Å². The van der Waals surface area contributed by atoms with Gasteiger partial charge in [0.15, 0.2) is 5.82 Å². The van der Waals surface area contributed by atoms with Crippen molar-refractivity contribution in [3.63, 3.8) is 0 Å². The number of hydrogen-bond donors (Lipinski definition) is 0. The van der Waals surface area contributed by atoms with Gasteiger partial charge >= 0.3 is 0 Å². The van der Waals surface area contributed by atoms with Crippen molar-refractivity contribution >= 4 is 11.9 Å². The van der Waals surface area contributed by atoms with E-state index in [-0.39, 0.29) is 11.9 Å². The third kappa shape index (κ3) is 3.20. The van der Waals surface area contributed by atoms with Crippen molar-refractivity contribution in [1.82, 2.24) is 34.8 Å². The molecule has 5 heterocycles. The van der Waals surface area contributed by atoms with Crippen molar-refractivity contribution in [2.45, 2.75) is 33.2 Å². The molecule has 3 aromatic rings. The lowest BCUT2D eigenvalue weighted by Gasteiger charge is -2.53. The Morgan fingerprint density at radius 3 is 2.57 bits per heavy atom. The van der Waals surface area contributed by atoms with E-state index < -0.39 is 0 Å². The summed E-state index contributed by atoms with van der Waals surface area (Å²) in [6, 6.07) is 5.83. The molecule has 9 nitrogen and oxygen atoms in total. The Bertz CT molecular complexity index is 1080. The first-order valence-electron chi connectivity index (χ1n) is 10.2. The summed E-state index contributed by atoms with van der Waals surface area (Å²) >= 11 is 0. The number of fused-ring (bicyclic) bond motifs is 1. The Labute approximate surface area is 174 Å². The van der Waals surface area contributed by atoms with Crippen molar-refractivity contribution in [1.29, 1.82) is 0 Å². The molecule has 0 saturated carbocycles. The molecule has 1 amide bonds. The second-order valence-corrected chi connectivity index (χ2v) is 8.14. The molecule has 30 heavy (non-hydrogen) atoms. The Balaban J connectivity index is 1.40. The third-order valence-corrected chi connectivity index (χ3v) is 5.95. The van der Waals surface area contributed by atoms with Crippen LogP contribution in [0.5, 0.6) is 0 Å². The first-order chi connectivity index (χ1) is 14.5. The van der Waals surface area contributed by atoms with Crippen LogP contribution in [0.1, 0.15) is 33.9 Å². The fourth-order valence-electron chi connectivity index (χ4n) is 4.42. The SMILES string of the molecule is Cc1cc(C)nc(N2CC[C@@H]3CN(C(=O)c4ccc(C)nc4-n4ccnn4)[C@@H]3C2)n1. The minimum absolute atomic E-state index is 0.0163. The van der Waals surface area contributed by atoms with Crippen LogP contribution in [0.2, 0.25) is 0 Å². The highest BCUT2D eigenvalue weighted by atomic mass is 16.2. The summed E-state index contributed by atoms with van der Waals surface area (Å²) in [4.78, 5) is 31.4. The van der Waals surface area contributed by atoms with E-state index in [2.05, 4.69) is 30.2 Å². The topological polar surface area (TPSA) is 92.9 Å². The largest absolute Gasteiger partial charge is 0.339 e. The summed E-state index contributed by atoms with van der Waals surface area (Å²) in [5.74, 6) is 1.78. The Hall–Kier alpha value is -3.36. The average Bonchev–Trinajstić information content (AvgIpc) is 3.22. The van der Waals surface area contributed by atoms with Crippen LogP contribution in [0.3, 0.4) is 0 Å². The molecule has 0 spiro atoms. The van der Waals surface area contributed by atoms with Gasteiger partial charge in [0, 0.05) is 42.6 Å². The van der Waals surface area contributed by atoms with Crippen molar-refractivity contribution in [3.05, 3.63) is 53.2 Å². The summed E-state index contributed by atoms with van der Waals surface area (Å²) in [5.41, 5.74) is 3.30. The summed E-state index contributed by atoms with van der Waals surface area (Å²) in [7, 11) is 0. The van der Waals surface area contributed by atoms with Crippen LogP contribution < -0.4 is 4.90 Å². The molecule has 9 heteroatoms. The molecule has 2 aliphatic rings. The van der Waals surface area contributed by atoms with E-state index in [1.165, 1.54) is 0 Å². The molecular formula is C21H24N8O. The number of anilines is 1. The molecule has 0 aliphatic carbocycles. The molecule has 2 saturated heterocycles. The maximum Gasteiger partial charge on any atom is 0.258 e. The number of hydrogen-bond acceptors (Lipinski definition) is 7. The molecular weight excluding hydrogens is 380 g/mol. The lowest BCUT2D eigenvalue weighted by atomic mass is 9.82. The highest BCUT2D eigenvalue weighted by Gasteiger charge is 2.46. The van der Waals surface area contributed by atoms with Crippen LogP contribution in [0.25, 0.3) is 5.82 Å². The van der Waals surface area contributed by atoms with Crippen molar-refractivity contribution in [3.8, 4) is 5.82 Å². The molecule has 154 valence electrons. The van der Waals surface area contributed by atoms with Crippen molar-refractivity contribution < 1.29 is 4.79 Å². The number of amides is 1. The van der Waals surface area contributed by atoms with Crippen molar-refractivity contribution in [2.24, 2.45) is 5.92 Å². The highest BCUT2D eigenvalue weighted by Crippen LogP contribution is 2.35. The van der Waals surface area contributed by atoms with Crippen LogP contribution in [0.4, 0.5) is 5.95 Å². The minimum atomic E-state index is -0.0163. The fourth-order valence-corrected chi connectivity index (χ4v) is 4.42. The molecule has 2 fully saturated rings. The third-order valence-electron chi connectivity index (χ3n) is 5.95. The van der Waals surface area contributed by atoms with E-state index in [9.17, 15) is 4.79 Å². The van der Waals surface area contributed by atoms with Gasteiger partial charge < -0.3 is 9.80 Å². The number of carbonyl (C=O) groups is 1. The smallest absolute Gasteiger partial charge is 0.258 e. The maximum absolute atomic E-state index is 13.4. The molecule has 0 unspecified atom stereocenters. The van der Waals surface area contributed by atoms with Gasteiger partial charge in [-0.25, -0.2) is 19.6 Å². The molecule has 3 aromatic heterocycles. The molecule has 0 aromatic carbocycles. The lowest BCUT2D eigenvalue weighted by Crippen LogP contribution is -2.66. The summed E-state index contributed by atoms with van der Waals surface area (Å²) in [5, 5.41) is 7.89. The Kier molecular flexibility index (Phi) is 4.45. The number of aryl methyl sites for hydroxylation is 3. The van der Waals surface area contributed by atoms with Crippen LogP contribution >= 0.6 is 0 Å². The van der Waals surface area contributed by atoms with Crippen LogP contribution in [-0.2, 0) is 0 Å². The van der Waals surface area contributed by atoms with Gasteiger partial charge in [0.1, 0.15) is 0 Å². The first kappa shape index (κ1) is 18.7. The zero-order valence-electron chi connectivity index (χ0n) is 17.4. The average molecular weight is 404 g/mol. The molecule has 5 rings (SSSR count). The van der Waals surface area contributed by atoms with E-state index in [0.717, 1.165) is 49.1 Å². The van der Waals surface area contributed by atoms with Crippen molar-refractivity contribution in [2.75, 3.05) is 24.5 Å². The number of likely N-dealkylation sites (tertiary alicyclic amines) is 1. The van der Waals surface area contributed by atoms with Crippen LogP contribution in [0.15, 0.2) is 30.6 Å². The number of aromatic nitrogens is 6. The first-order valence-corrected chi connectivity index (χ1v) is 10.2. The maximum atomic E-state index is 13.4. The number of rotatable bonds is 3. The van der Waals surface area contributed by atoms with E-state index in [1.54, 1.807) is 17.1 Å². The van der Waals surface area contributed by atoms with E-state index in [4.69, 9.17) is 0 Å². The summed E-state index contributed by atoms with van der Waals surface area (Å²) < 4.78 is 1.55. The van der Waals surface area contributed by atoms with Gasteiger partial charge in [-0.3, -0.25) is 4.79 Å². The van der Waals surface area contributed by atoms with Crippen LogP contribution in [0, 0.1) is 26.7 Å². The summed E-state index contributed by atoms with van der Waals surface area (Å²) in [6.45, 7) is 8.31. The second kappa shape index (κ2) is 7.16. The molecule has 0 N–H and O–H groups in total. The van der Waals surface area contributed by atoms with Gasteiger partial charge in [-0.1, -0.05) is 5.21 Å². The molecule has 2 atom stereocenters. The standard InChI is InChI=1S/C21H24N8O/c1-13-4-5-17(19(23-13)29-9-7-22-26-29)20(30)28-11-16-6-8-27(12-18(16)28)21-24-14(2)10-15(3)25-21/h4-5,7,9-10,16,18H,6,8,11-12H2,1-3H3/t16-,18-/m1/s1. The van der Waals surface area contributed by atoms with Crippen LogP contribution in [-0.4, -0.2) is 66.4 Å². The Morgan fingerprint density at radius 1 is 1.03 bits per heavy atom. The predicted octanol–water partition coefficient (Wildman–Crippen LogP) is 1.73. The van der Waals surface area contributed by atoms with E-state index >= 15 is 0 Å². The molecule has 0 bridgehead atoms. The number of pyridine rings is 1. The van der Waals surface area contributed by atoms with Gasteiger partial charge in [-0.2, -0.15) is 0 Å².